The molecule has 2 rings (SSSR count). The largest absolute Gasteiger partial charge is 0.367 e. The summed E-state index contributed by atoms with van der Waals surface area (Å²) >= 11 is 0.531. The summed E-state index contributed by atoms with van der Waals surface area (Å²) in [7, 11) is 0. The molecular weight excluding hydrogens is 464 g/mol. The molecule has 34 heavy (non-hydrogen) atoms. The molecule has 0 N–H and O–H groups in total. The molecule has 0 aromatic rings. The number of ether oxygens (including phenoxy) is 1. The van der Waals surface area contributed by atoms with Gasteiger partial charge in [-0.3, -0.25) is 38.6 Å². The lowest BCUT2D eigenvalue weighted by atomic mass is 10.1. The van der Waals surface area contributed by atoms with Crippen molar-refractivity contribution < 1.29 is 37.7 Å². The number of unbranched alkanes of at least 4 members (excludes halogenated alkanes) is 6. The van der Waals surface area contributed by atoms with Gasteiger partial charge in [0.25, 0.3) is 23.6 Å². The fraction of sp³-hybridized carbons (Fsp3) is 0.522. The molecule has 0 aliphatic carbocycles. The Labute approximate surface area is 201 Å². The summed E-state index contributed by atoms with van der Waals surface area (Å²) < 4.78 is 9.61. The number of imide groups is 2. The average molecular weight is 493 g/mol. The van der Waals surface area contributed by atoms with Crippen LogP contribution in [0.2, 0.25) is 0 Å². The van der Waals surface area contributed by atoms with Crippen LogP contribution in [0.15, 0.2) is 24.3 Å². The number of carbonyl (C=O) groups is 6. The Hall–Kier alpha value is -3.30. The second kappa shape index (κ2) is 14.8. The minimum absolute atomic E-state index is 0.190. The molecule has 0 atom stereocenters. The number of hydrogen-bond donors (Lipinski definition) is 0. The highest BCUT2D eigenvalue weighted by atomic mass is 32.1. The van der Waals surface area contributed by atoms with Crippen molar-refractivity contribution in [3.8, 4) is 5.37 Å². The third kappa shape index (κ3) is 9.68. The van der Waals surface area contributed by atoms with Crippen molar-refractivity contribution in [1.82, 2.24) is 9.80 Å². The molecule has 0 spiro atoms. The summed E-state index contributed by atoms with van der Waals surface area (Å²) in [6.07, 6.45) is 11.0. The highest BCUT2D eigenvalue weighted by molar-refractivity contribution is 7.84. The van der Waals surface area contributed by atoms with Crippen LogP contribution < -0.4 is 0 Å². The lowest BCUT2D eigenvalue weighted by molar-refractivity contribution is -0.138. The van der Waals surface area contributed by atoms with Gasteiger partial charge in [-0.2, -0.15) is 0 Å². The van der Waals surface area contributed by atoms with Gasteiger partial charge >= 0.3 is 11.9 Å². The molecular formula is C23H28N2O8S. The Morgan fingerprint density at radius 3 is 1.53 bits per heavy atom. The second-order valence-corrected chi connectivity index (χ2v) is 8.25. The Kier molecular flexibility index (Phi) is 11.7. The van der Waals surface area contributed by atoms with Crippen LogP contribution >= 0.6 is 11.5 Å². The lowest BCUT2D eigenvalue weighted by Gasteiger charge is -2.12. The molecule has 0 fully saturated rings. The molecule has 4 amide bonds. The molecule has 0 bridgehead atoms. The van der Waals surface area contributed by atoms with Crippen molar-refractivity contribution in [2.45, 2.75) is 64.2 Å². The van der Waals surface area contributed by atoms with Crippen molar-refractivity contribution in [3.63, 3.8) is 0 Å². The normalized spacial score (nSPS) is 14.7. The van der Waals surface area contributed by atoms with Crippen LogP contribution in [0.5, 0.6) is 0 Å². The zero-order valence-electron chi connectivity index (χ0n) is 18.9. The predicted molar refractivity (Wildman–Crippen MR) is 122 cm³/mol. The third-order valence-corrected chi connectivity index (χ3v) is 5.57. The van der Waals surface area contributed by atoms with E-state index in [1.807, 2.05) is 0 Å². The first-order valence-electron chi connectivity index (χ1n) is 11.3. The lowest BCUT2D eigenvalue weighted by Crippen LogP contribution is -2.30. The minimum atomic E-state index is -0.484. The zero-order valence-corrected chi connectivity index (χ0v) is 19.7. The van der Waals surface area contributed by atoms with Crippen LogP contribution in [0.4, 0.5) is 0 Å². The molecule has 0 aromatic heterocycles. The Balaban J connectivity index is 1.41. The van der Waals surface area contributed by atoms with Gasteiger partial charge in [0.1, 0.15) is 11.5 Å². The first-order chi connectivity index (χ1) is 16.4. The number of hydrogen-bond acceptors (Lipinski definition) is 8. The topological polar surface area (TPSA) is 127 Å². The van der Waals surface area contributed by atoms with Crippen molar-refractivity contribution in [1.29, 1.82) is 0 Å². The smallest absolute Gasteiger partial charge is 0.323 e. The van der Waals surface area contributed by atoms with Crippen LogP contribution in [-0.4, -0.2) is 58.5 Å². The SMILES string of the molecule is O=C(CCCCCCN1C(=O)C=CC1=O)OC#SOC(=O)CCCCCCN1C(=O)C=CC1=O. The maximum Gasteiger partial charge on any atom is 0.323 e. The van der Waals surface area contributed by atoms with E-state index in [9.17, 15) is 28.8 Å². The number of nitrogens with zero attached hydrogens (tertiary/aromatic N) is 2. The first kappa shape index (κ1) is 26.9. The fourth-order valence-electron chi connectivity index (χ4n) is 3.31. The van der Waals surface area contributed by atoms with Gasteiger partial charge < -0.3 is 8.92 Å². The Bertz CT molecular complexity index is 823. The Morgan fingerprint density at radius 1 is 0.647 bits per heavy atom. The second-order valence-electron chi connectivity index (χ2n) is 7.75. The van der Waals surface area contributed by atoms with Crippen molar-refractivity contribution in [2.75, 3.05) is 13.1 Å². The molecule has 184 valence electrons. The van der Waals surface area contributed by atoms with E-state index >= 15 is 0 Å². The highest BCUT2D eigenvalue weighted by Crippen LogP contribution is 2.10. The summed E-state index contributed by atoms with van der Waals surface area (Å²) in [5, 5.41) is 2.23. The van der Waals surface area contributed by atoms with Crippen molar-refractivity contribution in [3.05, 3.63) is 24.3 Å². The van der Waals surface area contributed by atoms with Crippen LogP contribution in [0.3, 0.4) is 0 Å². The van der Waals surface area contributed by atoms with E-state index in [1.54, 1.807) is 0 Å². The van der Waals surface area contributed by atoms with Gasteiger partial charge in [0, 0.05) is 50.2 Å². The average Bonchev–Trinajstić information content (AvgIpc) is 3.30. The highest BCUT2D eigenvalue weighted by Gasteiger charge is 2.23. The maximum atomic E-state index is 11.6. The van der Waals surface area contributed by atoms with Crippen LogP contribution in [0.1, 0.15) is 64.2 Å². The summed E-state index contributed by atoms with van der Waals surface area (Å²) in [4.78, 5) is 71.3. The molecule has 2 aliphatic rings. The molecule has 0 aromatic carbocycles. The van der Waals surface area contributed by atoms with Gasteiger partial charge in [0.2, 0.25) is 0 Å². The summed E-state index contributed by atoms with van der Waals surface area (Å²) in [6, 6.07) is 0. The quantitative estimate of drug-likeness (QED) is 0.157. The van der Waals surface area contributed by atoms with E-state index in [0.29, 0.717) is 50.2 Å². The predicted octanol–water partition coefficient (Wildman–Crippen LogP) is 2.39. The molecule has 2 heterocycles. The number of amides is 4. The van der Waals surface area contributed by atoms with Gasteiger partial charge in [-0.15, -0.1) is 0 Å². The van der Waals surface area contributed by atoms with E-state index in [2.05, 4.69) is 5.37 Å². The van der Waals surface area contributed by atoms with E-state index in [4.69, 9.17) is 8.92 Å². The monoisotopic (exact) mass is 492 g/mol. The van der Waals surface area contributed by atoms with E-state index in [0.717, 1.165) is 25.7 Å². The van der Waals surface area contributed by atoms with Crippen LogP contribution in [-0.2, 0) is 37.7 Å². The zero-order chi connectivity index (χ0) is 24.8. The van der Waals surface area contributed by atoms with Crippen LogP contribution in [0, 0.1) is 5.37 Å². The summed E-state index contributed by atoms with van der Waals surface area (Å²) in [5.74, 6) is -2.10. The van der Waals surface area contributed by atoms with Gasteiger partial charge in [0.05, 0.1) is 0 Å². The minimum Gasteiger partial charge on any atom is -0.367 e. The molecule has 0 radical (unpaired) electrons. The first-order valence-corrected chi connectivity index (χ1v) is 12.0. The molecule has 10 nitrogen and oxygen atoms in total. The molecule has 0 unspecified atom stereocenters. The van der Waals surface area contributed by atoms with E-state index in [-0.39, 0.29) is 36.5 Å². The standard InChI is InChI=1S/C23H28N2O8S/c26-18-11-12-19(27)24(18)15-7-3-1-5-9-22(30)32-17-34-33-23(31)10-6-2-4-8-16-25-20(28)13-14-21(25)29/h11-14H,1-10,15-16H2. The van der Waals surface area contributed by atoms with E-state index < -0.39 is 11.9 Å². The number of esters is 1. The Morgan fingerprint density at radius 2 is 1.06 bits per heavy atom. The summed E-state index contributed by atoms with van der Waals surface area (Å²) in [6.45, 7) is 0.746. The number of rotatable bonds is 14. The maximum absolute atomic E-state index is 11.6. The molecule has 11 heteroatoms. The number of carbonyl (C=O) groups excluding carboxylic acids is 6. The molecule has 2 aliphatic heterocycles. The van der Waals surface area contributed by atoms with Gasteiger partial charge in [-0.1, -0.05) is 25.7 Å². The van der Waals surface area contributed by atoms with Gasteiger partial charge in [-0.05, 0) is 25.7 Å². The summed E-state index contributed by atoms with van der Waals surface area (Å²) in [5.41, 5.74) is 0. The van der Waals surface area contributed by atoms with Gasteiger partial charge in [-0.25, -0.2) is 0 Å². The van der Waals surface area contributed by atoms with Crippen molar-refractivity contribution >= 4 is 47.0 Å². The molecule has 0 saturated carbocycles. The third-order valence-electron chi connectivity index (χ3n) is 5.15. The molecule has 0 saturated heterocycles. The van der Waals surface area contributed by atoms with Gasteiger partial charge in [0.15, 0.2) is 5.37 Å². The van der Waals surface area contributed by atoms with Crippen molar-refractivity contribution in [2.24, 2.45) is 0 Å². The van der Waals surface area contributed by atoms with Crippen LogP contribution in [0.25, 0.3) is 0 Å². The fourth-order valence-corrected chi connectivity index (χ4v) is 3.65. The van der Waals surface area contributed by atoms with E-state index in [1.165, 1.54) is 34.1 Å².